The number of H-pyrrole nitrogens is 1. The third-order valence-electron chi connectivity index (χ3n) is 5.90. The van der Waals surface area contributed by atoms with Crippen molar-refractivity contribution in [2.45, 2.75) is 25.8 Å². The van der Waals surface area contributed by atoms with E-state index in [0.717, 1.165) is 53.7 Å². The molecule has 0 amide bonds. The van der Waals surface area contributed by atoms with E-state index in [0.29, 0.717) is 11.4 Å². The van der Waals surface area contributed by atoms with E-state index in [1.807, 2.05) is 22.9 Å². The first-order chi connectivity index (χ1) is 14.0. The molecular weight excluding hydrogens is 368 g/mol. The van der Waals surface area contributed by atoms with Crippen LogP contribution in [0.25, 0.3) is 27.8 Å². The highest BCUT2D eigenvalue weighted by atomic mass is 16.5. The van der Waals surface area contributed by atoms with Gasteiger partial charge in [-0.05, 0) is 62.7 Å². The van der Waals surface area contributed by atoms with E-state index in [1.54, 1.807) is 11.6 Å². The number of hydrogen-bond acceptors (Lipinski definition) is 5. The van der Waals surface area contributed by atoms with E-state index in [9.17, 15) is 4.79 Å². The minimum absolute atomic E-state index is 0.0406. The van der Waals surface area contributed by atoms with Gasteiger partial charge in [-0.2, -0.15) is 5.10 Å². The van der Waals surface area contributed by atoms with Gasteiger partial charge in [-0.1, -0.05) is 0 Å². The van der Waals surface area contributed by atoms with Crippen molar-refractivity contribution >= 4 is 16.7 Å². The maximum atomic E-state index is 12.8. The summed E-state index contributed by atoms with van der Waals surface area (Å²) in [5.74, 6) is 0.663. The summed E-state index contributed by atoms with van der Waals surface area (Å²) in [5, 5.41) is 4.25. The smallest absolute Gasteiger partial charge is 0.326 e. The van der Waals surface area contributed by atoms with Crippen molar-refractivity contribution < 1.29 is 4.74 Å². The Kier molecular flexibility index (Phi) is 4.16. The van der Waals surface area contributed by atoms with Crippen molar-refractivity contribution in [1.29, 1.82) is 0 Å². The number of aromatic amines is 1. The summed E-state index contributed by atoms with van der Waals surface area (Å²) in [6.07, 6.45) is 5.58. The highest BCUT2D eigenvalue weighted by molar-refractivity contribution is 5.85. The predicted molar refractivity (Wildman–Crippen MR) is 112 cm³/mol. The van der Waals surface area contributed by atoms with Crippen LogP contribution >= 0.6 is 0 Å². The van der Waals surface area contributed by atoms with Gasteiger partial charge < -0.3 is 14.6 Å². The lowest BCUT2D eigenvalue weighted by atomic mass is 10.0. The number of likely N-dealkylation sites (tertiary alicyclic amines) is 1. The van der Waals surface area contributed by atoms with Crippen molar-refractivity contribution in [2.24, 2.45) is 0 Å². The van der Waals surface area contributed by atoms with Crippen LogP contribution in [0.3, 0.4) is 0 Å². The number of imidazole rings is 1. The molecule has 29 heavy (non-hydrogen) atoms. The number of methoxy groups -OCH3 is 1. The molecule has 1 aliphatic heterocycles. The van der Waals surface area contributed by atoms with Gasteiger partial charge >= 0.3 is 5.69 Å². The molecule has 0 unspecified atom stereocenters. The van der Waals surface area contributed by atoms with Gasteiger partial charge in [0.25, 0.3) is 0 Å². The number of hydrogen-bond donors (Lipinski definition) is 1. The second-order valence-electron chi connectivity index (χ2n) is 7.87. The molecule has 1 aliphatic rings. The van der Waals surface area contributed by atoms with Crippen LogP contribution in [-0.4, -0.2) is 56.3 Å². The maximum Gasteiger partial charge on any atom is 0.326 e. The largest absolute Gasteiger partial charge is 0.493 e. The molecule has 0 saturated carbocycles. The van der Waals surface area contributed by atoms with E-state index in [-0.39, 0.29) is 11.7 Å². The van der Waals surface area contributed by atoms with Crippen LogP contribution in [0.4, 0.5) is 0 Å². The van der Waals surface area contributed by atoms with Gasteiger partial charge in [-0.25, -0.2) is 14.3 Å². The lowest BCUT2D eigenvalue weighted by Gasteiger charge is -2.30. The number of aromatic nitrogens is 5. The quantitative estimate of drug-likeness (QED) is 0.580. The number of aryl methyl sites for hydroxylation is 1. The number of nitrogens with one attached hydrogen (secondary N) is 1. The summed E-state index contributed by atoms with van der Waals surface area (Å²) in [4.78, 5) is 22.4. The lowest BCUT2D eigenvalue weighted by molar-refractivity contribution is 0.212. The molecule has 1 saturated heterocycles. The summed E-state index contributed by atoms with van der Waals surface area (Å²) in [6.45, 7) is 4.05. The number of pyridine rings is 1. The van der Waals surface area contributed by atoms with Crippen molar-refractivity contribution in [2.75, 3.05) is 27.2 Å². The maximum absolute atomic E-state index is 12.8. The van der Waals surface area contributed by atoms with Crippen molar-refractivity contribution in [3.63, 3.8) is 0 Å². The van der Waals surface area contributed by atoms with Gasteiger partial charge in [-0.3, -0.25) is 4.57 Å². The minimum atomic E-state index is -0.0406. The standard InChI is InChI=1S/C21H24N6O2/c1-13-7-18-17(24-21(28)27(18)15-5-4-6-25(2)11-15)9-16(13)14-8-19(29-3)20-22-12-23-26(20)10-14/h7-10,12,15H,4-6,11H2,1-3H3,(H,24,28)/t15-/m1/s1. The second-order valence-corrected chi connectivity index (χ2v) is 7.87. The fourth-order valence-electron chi connectivity index (χ4n) is 4.49. The fourth-order valence-corrected chi connectivity index (χ4v) is 4.49. The fraction of sp³-hybridized carbons (Fsp3) is 0.381. The van der Waals surface area contributed by atoms with Gasteiger partial charge in [0.05, 0.1) is 24.2 Å². The average Bonchev–Trinajstić information content (AvgIpc) is 3.29. The van der Waals surface area contributed by atoms with Crippen LogP contribution in [-0.2, 0) is 0 Å². The van der Waals surface area contributed by atoms with Gasteiger partial charge in [0.15, 0.2) is 11.4 Å². The molecule has 0 radical (unpaired) electrons. The monoisotopic (exact) mass is 392 g/mol. The summed E-state index contributed by atoms with van der Waals surface area (Å²) >= 11 is 0. The highest BCUT2D eigenvalue weighted by Crippen LogP contribution is 2.32. The molecule has 1 N–H and O–H groups in total. The van der Waals surface area contributed by atoms with Crippen molar-refractivity contribution in [1.82, 2.24) is 29.0 Å². The highest BCUT2D eigenvalue weighted by Gasteiger charge is 2.23. The Morgan fingerprint density at radius 2 is 2.14 bits per heavy atom. The van der Waals surface area contributed by atoms with Crippen LogP contribution in [0.1, 0.15) is 24.4 Å². The van der Waals surface area contributed by atoms with Crippen LogP contribution < -0.4 is 10.4 Å². The predicted octanol–water partition coefficient (Wildman–Crippen LogP) is 2.62. The third kappa shape index (κ3) is 2.91. The first-order valence-corrected chi connectivity index (χ1v) is 9.86. The van der Waals surface area contributed by atoms with Gasteiger partial charge in [0.1, 0.15) is 6.33 Å². The Balaban J connectivity index is 1.66. The van der Waals surface area contributed by atoms with E-state index in [2.05, 4.69) is 40.0 Å². The van der Waals surface area contributed by atoms with Crippen LogP contribution in [0.5, 0.6) is 5.75 Å². The van der Waals surface area contributed by atoms with E-state index in [4.69, 9.17) is 4.74 Å². The summed E-state index contributed by atoms with van der Waals surface area (Å²) in [5.41, 5.74) is 5.53. The normalized spacial score (nSPS) is 18.0. The van der Waals surface area contributed by atoms with E-state index < -0.39 is 0 Å². The topological polar surface area (TPSA) is 80.5 Å². The second kappa shape index (κ2) is 6.73. The zero-order valence-electron chi connectivity index (χ0n) is 16.8. The van der Waals surface area contributed by atoms with Gasteiger partial charge in [0, 0.05) is 18.3 Å². The summed E-state index contributed by atoms with van der Waals surface area (Å²) < 4.78 is 9.14. The number of ether oxygens (including phenoxy) is 1. The number of piperidine rings is 1. The lowest BCUT2D eigenvalue weighted by Crippen LogP contribution is -2.36. The summed E-state index contributed by atoms with van der Waals surface area (Å²) in [7, 11) is 3.74. The SMILES string of the molecule is COc1cc(-c2cc3[nH]c(=O)n([C@@H]4CCCN(C)C4)c3cc2C)cn2ncnc12. The average molecular weight is 392 g/mol. The molecule has 8 heteroatoms. The molecule has 0 spiro atoms. The Labute approximate surface area is 167 Å². The van der Waals surface area contributed by atoms with Crippen LogP contribution in [0.15, 0.2) is 35.5 Å². The summed E-state index contributed by atoms with van der Waals surface area (Å²) in [6, 6.07) is 6.32. The van der Waals surface area contributed by atoms with Crippen molar-refractivity contribution in [3.8, 4) is 16.9 Å². The Morgan fingerprint density at radius 3 is 2.93 bits per heavy atom. The third-order valence-corrected chi connectivity index (χ3v) is 5.90. The molecule has 4 aromatic rings. The number of benzene rings is 1. The Bertz CT molecular complexity index is 1270. The van der Waals surface area contributed by atoms with Crippen LogP contribution in [0.2, 0.25) is 0 Å². The molecule has 4 heterocycles. The molecule has 3 aromatic heterocycles. The molecule has 8 nitrogen and oxygen atoms in total. The molecular formula is C21H24N6O2. The van der Waals surface area contributed by atoms with Crippen LogP contribution in [0, 0.1) is 6.92 Å². The number of likely N-dealkylation sites (N-methyl/N-ethyl adjacent to an activating group) is 1. The number of rotatable bonds is 3. The molecule has 1 atom stereocenters. The first kappa shape index (κ1) is 17.9. The first-order valence-electron chi connectivity index (χ1n) is 9.86. The van der Waals surface area contributed by atoms with Gasteiger partial charge in [-0.15, -0.1) is 0 Å². The minimum Gasteiger partial charge on any atom is -0.493 e. The zero-order valence-corrected chi connectivity index (χ0v) is 16.8. The molecule has 150 valence electrons. The molecule has 5 rings (SSSR count). The Morgan fingerprint density at radius 1 is 1.28 bits per heavy atom. The Hall–Kier alpha value is -3.13. The number of nitrogens with zero attached hydrogens (tertiary/aromatic N) is 5. The molecule has 1 fully saturated rings. The van der Waals surface area contributed by atoms with E-state index >= 15 is 0 Å². The molecule has 0 aliphatic carbocycles. The molecule has 1 aromatic carbocycles. The zero-order chi connectivity index (χ0) is 20.1. The van der Waals surface area contributed by atoms with E-state index in [1.165, 1.54) is 6.33 Å². The number of fused-ring (bicyclic) bond motifs is 2. The van der Waals surface area contributed by atoms with Gasteiger partial charge in [0.2, 0.25) is 0 Å². The van der Waals surface area contributed by atoms with Crippen molar-refractivity contribution in [3.05, 3.63) is 46.8 Å². The molecule has 0 bridgehead atoms.